The highest BCUT2D eigenvalue weighted by atomic mass is 32.3. The van der Waals surface area contributed by atoms with Gasteiger partial charge in [0.1, 0.15) is 0 Å². The molecule has 6 heteroatoms. The Labute approximate surface area is 282 Å². The maximum absolute atomic E-state index is 10.9. The van der Waals surface area contributed by atoms with Gasteiger partial charge in [0.05, 0.1) is 9.10 Å². The van der Waals surface area contributed by atoms with Gasteiger partial charge in [-0.2, -0.15) is 8.42 Å². The Morgan fingerprint density at radius 3 is 1.33 bits per heavy atom. The molecule has 0 bridgehead atoms. The minimum absolute atomic E-state index is 0.0284. The van der Waals surface area contributed by atoms with Gasteiger partial charge in [-0.15, -0.1) is 21.4 Å². The van der Waals surface area contributed by atoms with Crippen LogP contribution in [0.25, 0.3) is 0 Å². The average Bonchev–Trinajstić information content (AvgIpc) is 3.63. The van der Waals surface area contributed by atoms with E-state index in [0.29, 0.717) is 0 Å². The van der Waals surface area contributed by atoms with E-state index in [0.717, 1.165) is 18.4 Å². The molecule has 0 aliphatic rings. The minimum atomic E-state index is -4.06. The van der Waals surface area contributed by atoms with Gasteiger partial charge in [-0.25, -0.2) is 0 Å². The molecule has 5 aromatic rings. The van der Waals surface area contributed by atoms with Crippen LogP contribution >= 0.6 is 21.4 Å². The molecular weight excluding hydrogens is 625 g/mol. The van der Waals surface area contributed by atoms with Crippen LogP contribution in [0.1, 0.15) is 76.7 Å². The highest BCUT2D eigenvalue weighted by Gasteiger charge is 2.33. The molecule has 3 nitrogen and oxygen atoms in total. The minimum Gasteiger partial charge on any atom is -0.282 e. The molecule has 0 spiro atoms. The zero-order valence-corrected chi connectivity index (χ0v) is 29.4. The Morgan fingerprint density at radius 1 is 0.500 bits per heavy atom. The smallest absolute Gasteiger partial charge is 0.282 e. The molecule has 4 aromatic carbocycles. The van der Waals surface area contributed by atoms with Crippen molar-refractivity contribution < 1.29 is 13.0 Å². The molecule has 1 aromatic heterocycles. The van der Waals surface area contributed by atoms with Crippen LogP contribution in [-0.2, 0) is 16.5 Å². The van der Waals surface area contributed by atoms with Crippen molar-refractivity contribution in [2.45, 2.75) is 101 Å². The van der Waals surface area contributed by atoms with E-state index in [1.807, 2.05) is 11.3 Å². The van der Waals surface area contributed by atoms with Crippen LogP contribution in [0.3, 0.4) is 0 Å². The molecule has 0 aliphatic carbocycles. The predicted molar refractivity (Wildman–Crippen MR) is 196 cm³/mol. The number of unbranched alkanes of at least 4 members (excludes halogenated alkanes) is 9. The van der Waals surface area contributed by atoms with Crippen molar-refractivity contribution in [2.24, 2.45) is 0 Å². The lowest BCUT2D eigenvalue weighted by atomic mass is 10.0. The summed E-state index contributed by atoms with van der Waals surface area (Å²) in [5.41, 5.74) is 1.13. The van der Waals surface area contributed by atoms with Crippen LogP contribution < -0.4 is 0 Å². The van der Waals surface area contributed by atoms with Gasteiger partial charge in [0.25, 0.3) is 10.1 Å². The van der Waals surface area contributed by atoms with Gasteiger partial charge in [-0.3, -0.25) is 4.55 Å². The number of hydrogen-bond acceptors (Lipinski definition) is 3. The Balaban J connectivity index is 0.000000210. The van der Waals surface area contributed by atoms with Crippen molar-refractivity contribution >= 4 is 31.5 Å². The number of benzene rings is 4. The topological polar surface area (TPSA) is 54.4 Å². The second-order valence-corrected chi connectivity index (χ2v) is 17.2. The Hall–Kier alpha value is -3.16. The van der Waals surface area contributed by atoms with Crippen LogP contribution in [0.5, 0.6) is 0 Å². The summed E-state index contributed by atoms with van der Waals surface area (Å²) in [7, 11) is -5.51. The van der Waals surface area contributed by atoms with E-state index in [2.05, 4.69) is 115 Å². The van der Waals surface area contributed by atoms with E-state index in [4.69, 9.17) is 4.55 Å². The second kappa shape index (κ2) is 18.9. The molecule has 5 rings (SSSR count). The quantitative estimate of drug-likeness (QED) is 0.0838. The molecule has 0 fully saturated rings. The number of aryl methyl sites for hydroxylation is 1. The summed E-state index contributed by atoms with van der Waals surface area (Å²) in [6.45, 7) is 2.25. The first-order valence-electron chi connectivity index (χ1n) is 16.5. The first-order valence-corrected chi connectivity index (χ1v) is 20.5. The molecule has 244 valence electrons. The standard InChI is InChI=1S/C22H18S2.C18H30O3S/c1-4-11-19(12-5-1)24(22-17-10-18-23-22,20-13-6-2-7-14-20)21-15-8-3-9-16-21;1-2-3-4-5-6-7-8-9-10-11-12-17-13-15-18(16-14-17)22(19,20)21/h1-18H;13-16H,2-12H2,1H3,(H,19,20,21). The summed E-state index contributed by atoms with van der Waals surface area (Å²) in [5.74, 6) is 0. The first kappa shape index (κ1) is 35.7. The fourth-order valence-electron chi connectivity index (χ4n) is 5.71. The molecule has 0 saturated carbocycles. The van der Waals surface area contributed by atoms with Crippen molar-refractivity contribution in [3.05, 3.63) is 138 Å². The fourth-order valence-corrected chi connectivity index (χ4v) is 11.7. The van der Waals surface area contributed by atoms with E-state index >= 15 is 0 Å². The van der Waals surface area contributed by atoms with Crippen molar-refractivity contribution in [2.75, 3.05) is 0 Å². The summed E-state index contributed by atoms with van der Waals surface area (Å²) in [5, 5.41) is 2.19. The highest BCUT2D eigenvalue weighted by Crippen LogP contribution is 2.74. The largest absolute Gasteiger partial charge is 0.294 e. The van der Waals surface area contributed by atoms with Gasteiger partial charge >= 0.3 is 0 Å². The molecular formula is C40H48O3S3. The zero-order chi connectivity index (χ0) is 32.5. The van der Waals surface area contributed by atoms with Crippen LogP contribution in [0.4, 0.5) is 0 Å². The summed E-state index contributed by atoms with van der Waals surface area (Å²) >= 11 is 1.85. The van der Waals surface area contributed by atoms with Crippen molar-refractivity contribution in [1.29, 1.82) is 0 Å². The van der Waals surface area contributed by atoms with Gasteiger partial charge in [0, 0.05) is 14.7 Å². The lowest BCUT2D eigenvalue weighted by Gasteiger charge is -2.40. The fraction of sp³-hybridized carbons (Fsp3) is 0.300. The predicted octanol–water partition coefficient (Wildman–Crippen LogP) is 12.5. The SMILES string of the molecule is CCCCCCCCCCCCc1ccc(S(=O)(=O)O)cc1.c1ccc(S(c2ccccc2)(c2ccccc2)c2cccs2)cc1. The van der Waals surface area contributed by atoms with Gasteiger partial charge in [0.15, 0.2) is 0 Å². The molecule has 1 heterocycles. The summed E-state index contributed by atoms with van der Waals surface area (Å²) < 4.78 is 32.2. The Bertz CT molecular complexity index is 1520. The summed E-state index contributed by atoms with van der Waals surface area (Å²) in [4.78, 5) is 4.11. The summed E-state index contributed by atoms with van der Waals surface area (Å²) in [6.07, 6.45) is 14.1. The van der Waals surface area contributed by atoms with Crippen molar-refractivity contribution in [3.8, 4) is 0 Å². The third-order valence-corrected chi connectivity index (χ3v) is 14.4. The maximum Gasteiger partial charge on any atom is 0.294 e. The van der Waals surface area contributed by atoms with Crippen molar-refractivity contribution in [3.63, 3.8) is 0 Å². The average molecular weight is 673 g/mol. The van der Waals surface area contributed by atoms with Gasteiger partial charge < -0.3 is 0 Å². The van der Waals surface area contributed by atoms with Crippen molar-refractivity contribution in [1.82, 2.24) is 0 Å². The molecule has 46 heavy (non-hydrogen) atoms. The first-order chi connectivity index (χ1) is 22.5. The lowest BCUT2D eigenvalue weighted by molar-refractivity contribution is 0.483. The van der Waals surface area contributed by atoms with Crippen LogP contribution in [0, 0.1) is 0 Å². The third-order valence-electron chi connectivity index (χ3n) is 8.13. The number of rotatable bonds is 16. The third kappa shape index (κ3) is 10.2. The zero-order valence-electron chi connectivity index (χ0n) is 27.0. The lowest BCUT2D eigenvalue weighted by Crippen LogP contribution is -2.03. The Kier molecular flexibility index (Phi) is 14.6. The molecule has 0 amide bonds. The van der Waals surface area contributed by atoms with E-state index < -0.39 is 20.1 Å². The molecule has 0 atom stereocenters. The number of hydrogen-bond donors (Lipinski definition) is 1. The van der Waals surface area contributed by atoms with Gasteiger partial charge in [0.2, 0.25) is 0 Å². The van der Waals surface area contributed by atoms with Crippen LogP contribution in [0.2, 0.25) is 0 Å². The normalized spacial score (nSPS) is 11.9. The molecule has 1 N–H and O–H groups in total. The van der Waals surface area contributed by atoms with E-state index in [1.165, 1.54) is 88.8 Å². The second-order valence-electron chi connectivity index (χ2n) is 11.5. The molecule has 0 unspecified atom stereocenters. The van der Waals surface area contributed by atoms with E-state index in [-0.39, 0.29) is 4.90 Å². The molecule has 0 radical (unpaired) electrons. The molecule has 0 aliphatic heterocycles. The highest BCUT2D eigenvalue weighted by molar-refractivity contribution is 8.35. The molecule has 0 saturated heterocycles. The van der Waals surface area contributed by atoms with Gasteiger partial charge in [-0.1, -0.05) is 138 Å². The number of thiophene rings is 1. The maximum atomic E-state index is 10.9. The Morgan fingerprint density at radius 2 is 0.935 bits per heavy atom. The van der Waals surface area contributed by atoms with Crippen LogP contribution in [-0.4, -0.2) is 13.0 Å². The monoisotopic (exact) mass is 672 g/mol. The van der Waals surface area contributed by atoms with Crippen LogP contribution in [0.15, 0.2) is 157 Å². The van der Waals surface area contributed by atoms with E-state index in [9.17, 15) is 8.42 Å². The summed E-state index contributed by atoms with van der Waals surface area (Å²) in [6, 6.07) is 43.8. The van der Waals surface area contributed by atoms with Gasteiger partial charge in [-0.05, 0) is 78.4 Å². The van der Waals surface area contributed by atoms with E-state index in [1.54, 1.807) is 12.1 Å².